The molecule has 19 heavy (non-hydrogen) atoms. The number of carbonyl (C=O) groups excluding carboxylic acids is 1. The molecule has 0 aromatic carbocycles. The predicted molar refractivity (Wildman–Crippen MR) is 69.8 cm³/mol. The second-order valence-corrected chi connectivity index (χ2v) is 9.01. The molecule has 0 amide bonds. The Morgan fingerprint density at radius 3 is 2.42 bits per heavy atom. The van der Waals surface area contributed by atoms with E-state index in [1.54, 1.807) is 0 Å². The molecule has 112 valence electrons. The van der Waals surface area contributed by atoms with Gasteiger partial charge in [-0.2, -0.15) is 0 Å². The van der Waals surface area contributed by atoms with E-state index < -0.39 is 43.3 Å². The van der Waals surface area contributed by atoms with Gasteiger partial charge >= 0.3 is 5.97 Å². The van der Waals surface area contributed by atoms with Crippen LogP contribution < -0.4 is 0 Å². The van der Waals surface area contributed by atoms with Crippen molar-refractivity contribution in [1.82, 2.24) is 4.31 Å². The Morgan fingerprint density at radius 1 is 1.26 bits per heavy atom. The van der Waals surface area contributed by atoms with Gasteiger partial charge in [-0.15, -0.1) is 0 Å². The van der Waals surface area contributed by atoms with E-state index in [2.05, 4.69) is 4.74 Å². The van der Waals surface area contributed by atoms with E-state index in [9.17, 15) is 21.6 Å². The van der Waals surface area contributed by atoms with Crippen LogP contribution in [0, 0.1) is 5.92 Å². The summed E-state index contributed by atoms with van der Waals surface area (Å²) in [7, 11) is -5.71. The number of esters is 1. The van der Waals surface area contributed by atoms with Crippen LogP contribution in [0.5, 0.6) is 0 Å². The Balaban J connectivity index is 2.70. The molecule has 0 bridgehead atoms. The predicted octanol–water partition coefficient (Wildman–Crippen LogP) is -0.754. The fourth-order valence-corrected chi connectivity index (χ4v) is 5.07. The number of sulfone groups is 1. The Morgan fingerprint density at radius 2 is 1.89 bits per heavy atom. The van der Waals surface area contributed by atoms with E-state index in [1.807, 2.05) is 0 Å². The Labute approximate surface area is 113 Å². The van der Waals surface area contributed by atoms with Crippen molar-refractivity contribution in [2.24, 2.45) is 5.92 Å². The summed E-state index contributed by atoms with van der Waals surface area (Å²) in [5.41, 5.74) is 0. The molecular formula is C10H19NO6S2. The molecule has 7 nitrogen and oxygen atoms in total. The summed E-state index contributed by atoms with van der Waals surface area (Å²) in [5, 5.41) is 0. The van der Waals surface area contributed by atoms with Crippen molar-refractivity contribution < 1.29 is 26.4 Å². The minimum atomic E-state index is -3.64. The number of hydrogen-bond acceptors (Lipinski definition) is 6. The van der Waals surface area contributed by atoms with Crippen molar-refractivity contribution in [2.75, 3.05) is 38.0 Å². The van der Waals surface area contributed by atoms with Crippen molar-refractivity contribution in [2.45, 2.75) is 12.8 Å². The third-order valence-electron chi connectivity index (χ3n) is 3.02. The average Bonchev–Trinajstić information content (AvgIpc) is 2.35. The van der Waals surface area contributed by atoms with Crippen LogP contribution in [0.3, 0.4) is 0 Å². The lowest BCUT2D eigenvalue weighted by Gasteiger charge is -2.30. The van der Waals surface area contributed by atoms with Gasteiger partial charge in [-0.25, -0.2) is 21.1 Å². The highest BCUT2D eigenvalue weighted by Crippen LogP contribution is 2.20. The van der Waals surface area contributed by atoms with E-state index in [1.165, 1.54) is 11.4 Å². The highest BCUT2D eigenvalue weighted by atomic mass is 32.2. The van der Waals surface area contributed by atoms with Crippen LogP contribution in [-0.2, 0) is 29.4 Å². The van der Waals surface area contributed by atoms with Gasteiger partial charge in [0.15, 0.2) is 0 Å². The molecule has 0 N–H and O–H groups in total. The minimum Gasteiger partial charge on any atom is -0.469 e. The monoisotopic (exact) mass is 313 g/mol. The third-order valence-corrected chi connectivity index (χ3v) is 6.07. The van der Waals surface area contributed by atoms with E-state index in [4.69, 9.17) is 0 Å². The number of carbonyl (C=O) groups is 1. The van der Waals surface area contributed by atoms with Gasteiger partial charge in [-0.05, 0) is 12.8 Å². The second kappa shape index (κ2) is 6.19. The first kappa shape index (κ1) is 16.4. The maximum absolute atomic E-state index is 12.0. The lowest BCUT2D eigenvalue weighted by molar-refractivity contribution is -0.146. The summed E-state index contributed by atoms with van der Waals surface area (Å²) in [6.45, 7) is 0.387. The molecule has 1 saturated heterocycles. The van der Waals surface area contributed by atoms with Crippen molar-refractivity contribution in [3.8, 4) is 0 Å². The molecule has 9 heteroatoms. The zero-order valence-corrected chi connectivity index (χ0v) is 12.7. The fraction of sp³-hybridized carbons (Fsp3) is 0.900. The molecule has 0 saturated carbocycles. The molecule has 0 aromatic rings. The Kier molecular flexibility index (Phi) is 5.34. The van der Waals surface area contributed by atoms with Crippen LogP contribution >= 0.6 is 0 Å². The SMILES string of the molecule is COC(=O)C1CCCN(S(=O)(=O)CCS(C)(=O)=O)C1. The summed E-state index contributed by atoms with van der Waals surface area (Å²) >= 11 is 0. The molecule has 1 rings (SSSR count). The first-order valence-corrected chi connectivity index (χ1v) is 9.56. The molecule has 0 aliphatic carbocycles. The molecular weight excluding hydrogens is 294 g/mol. The Bertz CT molecular complexity index is 524. The first-order valence-electron chi connectivity index (χ1n) is 5.89. The van der Waals surface area contributed by atoms with Gasteiger partial charge in [0.05, 0.1) is 24.5 Å². The second-order valence-electron chi connectivity index (χ2n) is 4.67. The van der Waals surface area contributed by atoms with Crippen molar-refractivity contribution in [3.63, 3.8) is 0 Å². The van der Waals surface area contributed by atoms with E-state index in [-0.39, 0.29) is 6.54 Å². The maximum atomic E-state index is 12.0. The number of rotatable bonds is 5. The summed E-state index contributed by atoms with van der Waals surface area (Å²) in [4.78, 5) is 11.4. The number of methoxy groups -OCH3 is 1. The zero-order chi connectivity index (χ0) is 14.7. The van der Waals surface area contributed by atoms with Crippen LogP contribution in [0.25, 0.3) is 0 Å². The molecule has 1 fully saturated rings. The molecule has 1 aliphatic heterocycles. The van der Waals surface area contributed by atoms with E-state index >= 15 is 0 Å². The normalized spacial score (nSPS) is 22.1. The summed E-state index contributed by atoms with van der Waals surface area (Å²) in [6.07, 6.45) is 2.15. The fourth-order valence-electron chi connectivity index (χ4n) is 1.94. The van der Waals surface area contributed by atoms with Crippen molar-refractivity contribution >= 4 is 25.8 Å². The van der Waals surface area contributed by atoms with Crippen LogP contribution in [0.4, 0.5) is 0 Å². The molecule has 0 spiro atoms. The highest BCUT2D eigenvalue weighted by Gasteiger charge is 2.33. The third kappa shape index (κ3) is 5.07. The maximum Gasteiger partial charge on any atom is 0.309 e. The van der Waals surface area contributed by atoms with Gasteiger partial charge in [0.2, 0.25) is 10.0 Å². The van der Waals surface area contributed by atoms with Gasteiger partial charge in [0.25, 0.3) is 0 Å². The molecule has 0 radical (unpaired) electrons. The first-order chi connectivity index (χ1) is 8.65. The lowest BCUT2D eigenvalue weighted by Crippen LogP contribution is -2.44. The average molecular weight is 313 g/mol. The van der Waals surface area contributed by atoms with Crippen molar-refractivity contribution in [3.05, 3.63) is 0 Å². The van der Waals surface area contributed by atoms with Crippen LogP contribution in [0.2, 0.25) is 0 Å². The number of ether oxygens (including phenoxy) is 1. The minimum absolute atomic E-state index is 0.0682. The molecule has 1 atom stereocenters. The standard InChI is InChI=1S/C10H19NO6S2/c1-17-10(12)9-4-3-5-11(8-9)19(15,16)7-6-18(2,13)14/h9H,3-8H2,1-2H3. The van der Waals surface area contributed by atoms with Crippen LogP contribution in [-0.4, -0.2) is 65.1 Å². The largest absolute Gasteiger partial charge is 0.469 e. The smallest absolute Gasteiger partial charge is 0.309 e. The highest BCUT2D eigenvalue weighted by molar-refractivity contribution is 7.93. The van der Waals surface area contributed by atoms with Gasteiger partial charge in [-0.3, -0.25) is 4.79 Å². The molecule has 1 aliphatic rings. The quantitative estimate of drug-likeness (QED) is 0.619. The number of hydrogen-bond donors (Lipinski definition) is 0. The topological polar surface area (TPSA) is 97.8 Å². The number of piperidine rings is 1. The lowest BCUT2D eigenvalue weighted by atomic mass is 10.0. The number of sulfonamides is 1. The Hall–Kier alpha value is -0.670. The summed E-state index contributed by atoms with van der Waals surface area (Å²) in [5.74, 6) is -1.75. The van der Waals surface area contributed by atoms with Gasteiger partial charge in [0, 0.05) is 19.3 Å². The van der Waals surface area contributed by atoms with E-state index in [0.29, 0.717) is 19.4 Å². The molecule has 1 heterocycles. The zero-order valence-electron chi connectivity index (χ0n) is 11.0. The van der Waals surface area contributed by atoms with Gasteiger partial charge in [-0.1, -0.05) is 0 Å². The molecule has 1 unspecified atom stereocenters. The molecule has 0 aromatic heterocycles. The summed E-state index contributed by atoms with van der Waals surface area (Å²) in [6, 6.07) is 0. The van der Waals surface area contributed by atoms with E-state index in [0.717, 1.165) is 6.26 Å². The summed E-state index contributed by atoms with van der Waals surface area (Å²) < 4.78 is 51.8. The number of nitrogens with zero attached hydrogens (tertiary/aromatic N) is 1. The van der Waals surface area contributed by atoms with Crippen LogP contribution in [0.1, 0.15) is 12.8 Å². The van der Waals surface area contributed by atoms with Crippen molar-refractivity contribution in [1.29, 1.82) is 0 Å². The van der Waals surface area contributed by atoms with Crippen LogP contribution in [0.15, 0.2) is 0 Å². The van der Waals surface area contributed by atoms with Gasteiger partial charge in [0.1, 0.15) is 9.84 Å². The van der Waals surface area contributed by atoms with Gasteiger partial charge < -0.3 is 4.74 Å².